The van der Waals surface area contributed by atoms with Crippen LogP contribution < -0.4 is 5.32 Å². The molecule has 4 rings (SSSR count). The van der Waals surface area contributed by atoms with Crippen molar-refractivity contribution in [1.82, 2.24) is 5.16 Å². The summed E-state index contributed by atoms with van der Waals surface area (Å²) in [6.45, 7) is 3.62. The van der Waals surface area contributed by atoms with Gasteiger partial charge in [0.25, 0.3) is 5.91 Å². The Kier molecular flexibility index (Phi) is 6.64. The second-order valence-electron chi connectivity index (χ2n) is 7.75. The van der Waals surface area contributed by atoms with Gasteiger partial charge in [-0.25, -0.2) is 4.79 Å². The fourth-order valence-corrected chi connectivity index (χ4v) is 3.41. The van der Waals surface area contributed by atoms with Crippen molar-refractivity contribution in [1.29, 1.82) is 0 Å². The van der Waals surface area contributed by atoms with Crippen LogP contribution in [0.3, 0.4) is 0 Å². The molecule has 1 unspecified atom stereocenters. The van der Waals surface area contributed by atoms with Crippen LogP contribution in [0.15, 0.2) is 89.5 Å². The standard InChI is InChI=1S/C27H22N2O5/c1-17-12-14-19(15-13-17)24(30)21-10-6-7-11-22(21)27(32)33-25(20-8-4-3-5-9-20)26(31)28-23-16-18(2)34-29-23/h3-16,25H,1-2H3,(H,28,29,31). The summed E-state index contributed by atoms with van der Waals surface area (Å²) in [5.41, 5.74) is 2.19. The number of anilines is 1. The van der Waals surface area contributed by atoms with E-state index >= 15 is 0 Å². The fourth-order valence-electron chi connectivity index (χ4n) is 3.41. The zero-order valence-electron chi connectivity index (χ0n) is 18.6. The number of ketones is 1. The van der Waals surface area contributed by atoms with E-state index in [1.54, 1.807) is 73.7 Å². The number of rotatable bonds is 7. The molecule has 1 aromatic heterocycles. The highest BCUT2D eigenvalue weighted by Gasteiger charge is 2.28. The summed E-state index contributed by atoms with van der Waals surface area (Å²) in [6.07, 6.45) is -1.27. The number of carbonyl (C=O) groups excluding carboxylic acids is 3. The molecule has 0 radical (unpaired) electrons. The number of hydrogen-bond donors (Lipinski definition) is 1. The summed E-state index contributed by atoms with van der Waals surface area (Å²) < 4.78 is 10.6. The summed E-state index contributed by atoms with van der Waals surface area (Å²) in [5.74, 6) is -0.987. The van der Waals surface area contributed by atoms with E-state index in [4.69, 9.17) is 9.26 Å². The van der Waals surface area contributed by atoms with Crippen LogP contribution in [-0.2, 0) is 9.53 Å². The van der Waals surface area contributed by atoms with Crippen LogP contribution in [0.4, 0.5) is 5.82 Å². The van der Waals surface area contributed by atoms with Gasteiger partial charge in [0.05, 0.1) is 5.56 Å². The zero-order chi connectivity index (χ0) is 24.1. The Morgan fingerprint density at radius 2 is 1.50 bits per heavy atom. The van der Waals surface area contributed by atoms with Gasteiger partial charge >= 0.3 is 5.97 Å². The number of ether oxygens (including phenoxy) is 1. The Morgan fingerprint density at radius 1 is 0.853 bits per heavy atom. The van der Waals surface area contributed by atoms with Crippen LogP contribution in [0.2, 0.25) is 0 Å². The molecule has 170 valence electrons. The summed E-state index contributed by atoms with van der Waals surface area (Å²) in [7, 11) is 0. The second-order valence-corrected chi connectivity index (χ2v) is 7.75. The van der Waals surface area contributed by atoms with Gasteiger partial charge in [0.2, 0.25) is 6.10 Å². The number of benzene rings is 3. The predicted octanol–water partition coefficient (Wildman–Crippen LogP) is 5.06. The molecule has 1 N–H and O–H groups in total. The molecule has 0 fully saturated rings. The minimum absolute atomic E-state index is 0.0686. The van der Waals surface area contributed by atoms with E-state index in [9.17, 15) is 14.4 Å². The summed E-state index contributed by atoms with van der Waals surface area (Å²) in [6, 6.07) is 23.6. The molecular weight excluding hydrogens is 432 g/mol. The highest BCUT2D eigenvalue weighted by molar-refractivity contribution is 6.14. The Hall–Kier alpha value is -4.52. The van der Waals surface area contributed by atoms with Crippen LogP contribution in [0.5, 0.6) is 0 Å². The van der Waals surface area contributed by atoms with Crippen LogP contribution >= 0.6 is 0 Å². The fraction of sp³-hybridized carbons (Fsp3) is 0.111. The molecule has 0 spiro atoms. The van der Waals surface area contributed by atoms with Gasteiger partial charge in [-0.2, -0.15) is 0 Å². The quantitative estimate of drug-likeness (QED) is 0.310. The van der Waals surface area contributed by atoms with Gasteiger partial charge in [0.1, 0.15) is 5.76 Å². The molecule has 0 aliphatic rings. The summed E-state index contributed by atoms with van der Waals surface area (Å²) >= 11 is 0. The third kappa shape index (κ3) is 5.10. The van der Waals surface area contributed by atoms with Gasteiger partial charge in [-0.1, -0.05) is 83.5 Å². The van der Waals surface area contributed by atoms with Crippen LogP contribution in [0.1, 0.15) is 49.3 Å². The van der Waals surface area contributed by atoms with Gasteiger partial charge < -0.3 is 14.6 Å². The van der Waals surface area contributed by atoms with Crippen LogP contribution in [0, 0.1) is 13.8 Å². The highest BCUT2D eigenvalue weighted by atomic mass is 16.5. The molecule has 7 heteroatoms. The first kappa shape index (κ1) is 22.7. The first-order valence-corrected chi connectivity index (χ1v) is 10.6. The van der Waals surface area contributed by atoms with Crippen molar-refractivity contribution in [2.24, 2.45) is 0 Å². The van der Waals surface area contributed by atoms with Crippen molar-refractivity contribution in [3.05, 3.63) is 119 Å². The molecule has 1 amide bonds. The molecule has 1 atom stereocenters. The lowest BCUT2D eigenvalue weighted by atomic mass is 9.97. The second kappa shape index (κ2) is 9.95. The smallest absolute Gasteiger partial charge is 0.340 e. The van der Waals surface area contributed by atoms with Crippen molar-refractivity contribution in [2.75, 3.05) is 5.32 Å². The van der Waals surface area contributed by atoms with Gasteiger partial charge in [0.15, 0.2) is 11.6 Å². The average Bonchev–Trinajstić information content (AvgIpc) is 3.27. The lowest BCUT2D eigenvalue weighted by Gasteiger charge is -2.18. The third-order valence-corrected chi connectivity index (χ3v) is 5.15. The SMILES string of the molecule is Cc1ccc(C(=O)c2ccccc2C(=O)OC(C(=O)Nc2cc(C)on2)c2ccccc2)cc1. The maximum atomic E-state index is 13.2. The number of aromatic nitrogens is 1. The zero-order valence-corrected chi connectivity index (χ0v) is 18.6. The Labute approximate surface area is 196 Å². The van der Waals surface area contributed by atoms with E-state index in [1.807, 2.05) is 19.1 Å². The molecule has 1 heterocycles. The van der Waals surface area contributed by atoms with E-state index in [2.05, 4.69) is 10.5 Å². The van der Waals surface area contributed by atoms with E-state index < -0.39 is 18.0 Å². The number of aryl methyl sites for hydroxylation is 2. The number of nitrogens with zero attached hydrogens (tertiary/aromatic N) is 1. The normalized spacial score (nSPS) is 11.5. The molecule has 0 saturated carbocycles. The Bertz CT molecular complexity index is 1330. The number of carbonyl (C=O) groups is 3. The molecule has 7 nitrogen and oxygen atoms in total. The number of amides is 1. The van der Waals surface area contributed by atoms with Crippen molar-refractivity contribution in [3.8, 4) is 0 Å². The molecule has 0 saturated heterocycles. The maximum absolute atomic E-state index is 13.2. The largest absolute Gasteiger partial charge is 0.444 e. The van der Waals surface area contributed by atoms with Crippen LogP contribution in [0.25, 0.3) is 0 Å². The van der Waals surface area contributed by atoms with Crippen molar-refractivity contribution in [3.63, 3.8) is 0 Å². The number of esters is 1. The molecule has 4 aromatic rings. The lowest BCUT2D eigenvalue weighted by molar-refractivity contribution is -0.125. The lowest BCUT2D eigenvalue weighted by Crippen LogP contribution is -2.26. The van der Waals surface area contributed by atoms with Crippen molar-refractivity contribution < 1.29 is 23.6 Å². The van der Waals surface area contributed by atoms with E-state index in [0.717, 1.165) is 5.56 Å². The molecular formula is C27H22N2O5. The summed E-state index contributed by atoms with van der Waals surface area (Å²) in [4.78, 5) is 39.3. The molecule has 34 heavy (non-hydrogen) atoms. The van der Waals surface area contributed by atoms with Gasteiger partial charge in [-0.15, -0.1) is 0 Å². The average molecular weight is 454 g/mol. The highest BCUT2D eigenvalue weighted by Crippen LogP contribution is 2.24. The molecule has 0 bridgehead atoms. The third-order valence-electron chi connectivity index (χ3n) is 5.15. The Balaban J connectivity index is 1.62. The number of hydrogen-bond acceptors (Lipinski definition) is 6. The van der Waals surface area contributed by atoms with E-state index in [0.29, 0.717) is 16.9 Å². The minimum atomic E-state index is -1.27. The number of nitrogens with one attached hydrogen (secondary N) is 1. The Morgan fingerprint density at radius 3 is 2.15 bits per heavy atom. The molecule has 0 aliphatic carbocycles. The first-order valence-electron chi connectivity index (χ1n) is 10.6. The topological polar surface area (TPSA) is 98.5 Å². The minimum Gasteiger partial charge on any atom is -0.444 e. The van der Waals surface area contributed by atoms with E-state index in [-0.39, 0.29) is 22.7 Å². The first-order chi connectivity index (χ1) is 16.4. The van der Waals surface area contributed by atoms with Crippen molar-refractivity contribution in [2.45, 2.75) is 20.0 Å². The van der Waals surface area contributed by atoms with Crippen LogP contribution in [-0.4, -0.2) is 22.8 Å². The molecule has 3 aromatic carbocycles. The maximum Gasteiger partial charge on any atom is 0.340 e. The van der Waals surface area contributed by atoms with Gasteiger partial charge in [-0.3, -0.25) is 9.59 Å². The summed E-state index contributed by atoms with van der Waals surface area (Å²) in [5, 5.41) is 6.35. The molecule has 0 aliphatic heterocycles. The predicted molar refractivity (Wildman–Crippen MR) is 126 cm³/mol. The van der Waals surface area contributed by atoms with Crippen molar-refractivity contribution >= 4 is 23.5 Å². The van der Waals surface area contributed by atoms with Gasteiger partial charge in [0, 0.05) is 22.8 Å². The monoisotopic (exact) mass is 454 g/mol. The van der Waals surface area contributed by atoms with E-state index in [1.165, 1.54) is 6.07 Å². The van der Waals surface area contributed by atoms with Gasteiger partial charge in [-0.05, 0) is 19.9 Å².